The lowest BCUT2D eigenvalue weighted by Gasteiger charge is -2.08. The van der Waals surface area contributed by atoms with Crippen LogP contribution in [0.2, 0.25) is 0 Å². The fourth-order valence-corrected chi connectivity index (χ4v) is 3.33. The molecule has 0 radical (unpaired) electrons. The van der Waals surface area contributed by atoms with Gasteiger partial charge in [-0.25, -0.2) is 9.78 Å². The molecule has 0 fully saturated rings. The van der Waals surface area contributed by atoms with E-state index in [1.165, 1.54) is 4.57 Å². The van der Waals surface area contributed by atoms with Crippen molar-refractivity contribution in [1.29, 1.82) is 0 Å². The molecule has 2 heterocycles. The number of aryl methyl sites for hydroxylation is 1. The Hall–Kier alpha value is -3.41. The van der Waals surface area contributed by atoms with Crippen molar-refractivity contribution in [2.75, 3.05) is 0 Å². The summed E-state index contributed by atoms with van der Waals surface area (Å²) >= 11 is 0. The molecule has 2 aromatic heterocycles. The van der Waals surface area contributed by atoms with Gasteiger partial charge in [-0.2, -0.15) is 0 Å². The van der Waals surface area contributed by atoms with Crippen molar-refractivity contribution in [1.82, 2.24) is 19.1 Å². The first-order chi connectivity index (χ1) is 13.2. The van der Waals surface area contributed by atoms with Gasteiger partial charge >= 0.3 is 5.69 Å². The number of benzene rings is 2. The molecule has 6 heteroatoms. The molecule has 0 spiro atoms. The summed E-state index contributed by atoms with van der Waals surface area (Å²) in [6, 6.07) is 19.4. The Morgan fingerprint density at radius 3 is 2.26 bits per heavy atom. The number of imidazole rings is 1. The summed E-state index contributed by atoms with van der Waals surface area (Å²) in [5.41, 5.74) is 1.89. The molecule has 0 amide bonds. The average Bonchev–Trinajstić information content (AvgIpc) is 3.07. The molecule has 2 aromatic carbocycles. The molecule has 0 aliphatic carbocycles. The summed E-state index contributed by atoms with van der Waals surface area (Å²) in [4.78, 5) is 32.3. The van der Waals surface area contributed by atoms with Gasteiger partial charge in [-0.1, -0.05) is 67.6 Å². The fraction of sp³-hybridized carbons (Fsp3) is 0.190. The highest BCUT2D eigenvalue weighted by molar-refractivity contribution is 5.77. The second kappa shape index (κ2) is 7.07. The Balaban J connectivity index is 2.00. The largest absolute Gasteiger partial charge is 0.330 e. The maximum atomic E-state index is 12.6. The van der Waals surface area contributed by atoms with Crippen LogP contribution >= 0.6 is 0 Å². The molecule has 4 rings (SSSR count). The van der Waals surface area contributed by atoms with E-state index in [1.807, 2.05) is 65.2 Å². The van der Waals surface area contributed by atoms with Crippen molar-refractivity contribution < 1.29 is 0 Å². The van der Waals surface area contributed by atoms with E-state index < -0.39 is 11.2 Å². The third-order valence-electron chi connectivity index (χ3n) is 4.55. The van der Waals surface area contributed by atoms with Crippen LogP contribution < -0.4 is 11.2 Å². The number of rotatable bonds is 5. The summed E-state index contributed by atoms with van der Waals surface area (Å²) < 4.78 is 3.44. The molecule has 6 nitrogen and oxygen atoms in total. The number of H-pyrrole nitrogens is 1. The van der Waals surface area contributed by atoms with Crippen LogP contribution in [-0.2, 0) is 13.1 Å². The first-order valence-electron chi connectivity index (χ1n) is 9.01. The van der Waals surface area contributed by atoms with Gasteiger partial charge in [-0.3, -0.25) is 14.3 Å². The molecule has 0 saturated heterocycles. The summed E-state index contributed by atoms with van der Waals surface area (Å²) in [6.07, 6.45) is 0.850. The van der Waals surface area contributed by atoms with Crippen LogP contribution in [0.3, 0.4) is 0 Å². The van der Waals surface area contributed by atoms with E-state index >= 15 is 0 Å². The minimum Gasteiger partial charge on any atom is -0.318 e. The molecule has 0 atom stereocenters. The van der Waals surface area contributed by atoms with Crippen molar-refractivity contribution in [3.8, 4) is 11.4 Å². The highest BCUT2D eigenvalue weighted by Crippen LogP contribution is 2.23. The Bertz CT molecular complexity index is 1190. The van der Waals surface area contributed by atoms with Crippen LogP contribution in [0.5, 0.6) is 0 Å². The average molecular weight is 360 g/mol. The lowest BCUT2D eigenvalue weighted by molar-refractivity contribution is 0.697. The van der Waals surface area contributed by atoms with Gasteiger partial charge in [0.2, 0.25) is 0 Å². The van der Waals surface area contributed by atoms with E-state index in [0.29, 0.717) is 30.1 Å². The standard InChI is InChI=1S/C21H20N4O2/c1-2-13-24-17-19(22-18(24)16-11-7-4-8-12-16)25(21(27)23-20(17)26)14-15-9-5-3-6-10-15/h3-12H,2,13-14H2,1H3,(H,23,26,27). The molecule has 0 aliphatic heterocycles. The number of hydrogen-bond donors (Lipinski definition) is 1. The molecule has 4 aromatic rings. The molecule has 27 heavy (non-hydrogen) atoms. The van der Waals surface area contributed by atoms with Crippen LogP contribution in [0.4, 0.5) is 0 Å². The third kappa shape index (κ3) is 3.10. The number of fused-ring (bicyclic) bond motifs is 1. The Labute approximate surface area is 155 Å². The van der Waals surface area contributed by atoms with Crippen LogP contribution in [0, 0.1) is 0 Å². The van der Waals surface area contributed by atoms with Crippen molar-refractivity contribution >= 4 is 11.2 Å². The molecular formula is C21H20N4O2. The van der Waals surface area contributed by atoms with E-state index in [9.17, 15) is 9.59 Å². The normalized spacial score (nSPS) is 11.1. The summed E-state index contributed by atoms with van der Waals surface area (Å²) in [5.74, 6) is 0.699. The van der Waals surface area contributed by atoms with Gasteiger partial charge in [0.15, 0.2) is 11.2 Å². The van der Waals surface area contributed by atoms with Crippen molar-refractivity contribution in [3.05, 3.63) is 87.1 Å². The van der Waals surface area contributed by atoms with Gasteiger partial charge in [0.05, 0.1) is 6.54 Å². The maximum absolute atomic E-state index is 12.6. The lowest BCUT2D eigenvalue weighted by Crippen LogP contribution is -2.31. The molecule has 1 N–H and O–H groups in total. The van der Waals surface area contributed by atoms with E-state index in [0.717, 1.165) is 17.5 Å². The van der Waals surface area contributed by atoms with Crippen molar-refractivity contribution in [2.45, 2.75) is 26.4 Å². The van der Waals surface area contributed by atoms with Crippen LogP contribution in [0.25, 0.3) is 22.6 Å². The fourth-order valence-electron chi connectivity index (χ4n) is 3.33. The topological polar surface area (TPSA) is 72.7 Å². The van der Waals surface area contributed by atoms with Crippen LogP contribution in [-0.4, -0.2) is 19.1 Å². The van der Waals surface area contributed by atoms with E-state index in [-0.39, 0.29) is 0 Å². The highest BCUT2D eigenvalue weighted by Gasteiger charge is 2.19. The molecule has 0 bridgehead atoms. The van der Waals surface area contributed by atoms with Crippen molar-refractivity contribution in [3.63, 3.8) is 0 Å². The zero-order valence-corrected chi connectivity index (χ0v) is 15.1. The molecule has 0 unspecified atom stereocenters. The zero-order valence-electron chi connectivity index (χ0n) is 15.1. The molecule has 0 saturated carbocycles. The Kier molecular flexibility index (Phi) is 4.46. The maximum Gasteiger partial charge on any atom is 0.330 e. The van der Waals surface area contributed by atoms with Gasteiger partial charge < -0.3 is 4.57 Å². The van der Waals surface area contributed by atoms with Gasteiger partial charge in [0.1, 0.15) is 5.82 Å². The number of aromatic nitrogens is 4. The Morgan fingerprint density at radius 2 is 1.59 bits per heavy atom. The second-order valence-corrected chi connectivity index (χ2v) is 6.46. The quantitative estimate of drug-likeness (QED) is 0.595. The molecule has 136 valence electrons. The lowest BCUT2D eigenvalue weighted by atomic mass is 10.2. The van der Waals surface area contributed by atoms with E-state index in [2.05, 4.69) is 11.9 Å². The van der Waals surface area contributed by atoms with Gasteiger partial charge in [-0.05, 0) is 12.0 Å². The van der Waals surface area contributed by atoms with Crippen LogP contribution in [0.1, 0.15) is 18.9 Å². The van der Waals surface area contributed by atoms with Gasteiger partial charge in [0, 0.05) is 12.1 Å². The number of aromatic amines is 1. The highest BCUT2D eigenvalue weighted by atomic mass is 16.2. The Morgan fingerprint density at radius 1 is 0.926 bits per heavy atom. The summed E-state index contributed by atoms with van der Waals surface area (Å²) in [6.45, 7) is 3.05. The monoisotopic (exact) mass is 360 g/mol. The second-order valence-electron chi connectivity index (χ2n) is 6.46. The van der Waals surface area contributed by atoms with E-state index in [1.54, 1.807) is 0 Å². The predicted molar refractivity (Wildman–Crippen MR) is 106 cm³/mol. The molecule has 0 aliphatic rings. The van der Waals surface area contributed by atoms with Crippen molar-refractivity contribution in [2.24, 2.45) is 0 Å². The summed E-state index contributed by atoms with van der Waals surface area (Å²) in [5, 5.41) is 0. The minimum absolute atomic E-state index is 0.352. The smallest absolute Gasteiger partial charge is 0.318 e. The first-order valence-corrected chi connectivity index (χ1v) is 9.01. The SMILES string of the molecule is CCCn1c(-c2ccccc2)nc2c1c(=O)[nH]c(=O)n2Cc1ccccc1. The van der Waals surface area contributed by atoms with Gasteiger partial charge in [0.25, 0.3) is 5.56 Å². The minimum atomic E-state index is -0.447. The first kappa shape index (κ1) is 17.0. The predicted octanol–water partition coefficient (Wildman–Crippen LogP) is 3.01. The third-order valence-corrected chi connectivity index (χ3v) is 4.55. The summed E-state index contributed by atoms with van der Waals surface area (Å²) in [7, 11) is 0. The number of nitrogens with zero attached hydrogens (tertiary/aromatic N) is 3. The number of hydrogen-bond acceptors (Lipinski definition) is 3. The van der Waals surface area contributed by atoms with Gasteiger partial charge in [-0.15, -0.1) is 0 Å². The molecular weight excluding hydrogens is 340 g/mol. The zero-order chi connectivity index (χ0) is 18.8. The van der Waals surface area contributed by atoms with E-state index in [4.69, 9.17) is 4.98 Å². The number of nitrogens with one attached hydrogen (secondary N) is 1. The van der Waals surface area contributed by atoms with Crippen LogP contribution in [0.15, 0.2) is 70.3 Å².